The molecule has 0 aromatic carbocycles. The standard InChI is InChI=1S/C6H11N.Y/c1-4-7-5-6(2)3;/h6H,1,4H2,2-3H3;/q-2;. The Balaban J connectivity index is 0. The second kappa shape index (κ2) is 7.77. The van der Waals surface area contributed by atoms with Gasteiger partial charge in [0.25, 0.3) is 0 Å². The van der Waals surface area contributed by atoms with Gasteiger partial charge in [-0.25, -0.2) is 0 Å². The molecule has 0 fully saturated rings. The zero-order valence-electron chi connectivity index (χ0n) is 5.52. The quantitative estimate of drug-likeness (QED) is 0.456. The molecule has 0 rings (SSSR count). The molecule has 0 aliphatic carbocycles. The molecule has 0 saturated heterocycles. The van der Waals surface area contributed by atoms with Crippen molar-refractivity contribution in [3.63, 3.8) is 0 Å². The number of hydrogen-bond acceptors (Lipinski definition) is 1. The van der Waals surface area contributed by atoms with Crippen LogP contribution in [-0.4, -0.2) is 12.8 Å². The minimum absolute atomic E-state index is 0. The van der Waals surface area contributed by atoms with Gasteiger partial charge in [-0.1, -0.05) is 13.8 Å². The molecule has 0 aliphatic rings. The Morgan fingerprint density at radius 1 is 1.62 bits per heavy atom. The molecule has 45 valence electrons. The van der Waals surface area contributed by atoms with Gasteiger partial charge in [-0.2, -0.15) is 5.92 Å². The second-order valence-electron chi connectivity index (χ2n) is 1.67. The van der Waals surface area contributed by atoms with Gasteiger partial charge in [-0.3, -0.25) is 0 Å². The van der Waals surface area contributed by atoms with Crippen LogP contribution < -0.4 is 0 Å². The van der Waals surface area contributed by atoms with Crippen LogP contribution in [0.1, 0.15) is 13.8 Å². The van der Waals surface area contributed by atoms with E-state index in [0.717, 1.165) is 0 Å². The number of hydrogen-bond donors (Lipinski definition) is 0. The molecule has 0 N–H and O–H groups in total. The van der Waals surface area contributed by atoms with Crippen molar-refractivity contribution in [1.29, 1.82) is 0 Å². The third kappa shape index (κ3) is 9.91. The summed E-state index contributed by atoms with van der Waals surface area (Å²) in [5.41, 5.74) is 0. The molecule has 1 nitrogen and oxygen atoms in total. The first-order chi connectivity index (χ1) is 3.27. The second-order valence-corrected chi connectivity index (χ2v) is 1.67. The van der Waals surface area contributed by atoms with Crippen molar-refractivity contribution in [2.45, 2.75) is 13.8 Å². The van der Waals surface area contributed by atoms with Crippen molar-refractivity contribution in [2.24, 2.45) is 10.9 Å². The third-order valence-electron chi connectivity index (χ3n) is 0.461. The summed E-state index contributed by atoms with van der Waals surface area (Å²) < 4.78 is 0. The van der Waals surface area contributed by atoms with Crippen LogP contribution in [0.25, 0.3) is 0 Å². The Morgan fingerprint density at radius 2 is 2.12 bits per heavy atom. The molecule has 0 aromatic rings. The summed E-state index contributed by atoms with van der Waals surface area (Å²) in [6.07, 6.45) is 2.86. The van der Waals surface area contributed by atoms with E-state index in [4.69, 9.17) is 0 Å². The van der Waals surface area contributed by atoms with Crippen LogP contribution >= 0.6 is 0 Å². The monoisotopic (exact) mass is 186 g/mol. The molecular formula is C6H11NY-2. The van der Waals surface area contributed by atoms with E-state index in [0.29, 0.717) is 12.5 Å². The fourth-order valence-electron chi connectivity index (χ4n) is 0.247. The molecule has 0 bridgehead atoms. The summed E-state index contributed by atoms with van der Waals surface area (Å²) in [5, 5.41) is 0. The fraction of sp³-hybridized carbons (Fsp3) is 0.667. The molecule has 0 amide bonds. The van der Waals surface area contributed by atoms with Gasteiger partial charge in [-0.15, -0.1) is 6.54 Å². The Bertz CT molecular complexity index is 59.5. The predicted molar refractivity (Wildman–Crippen MR) is 32.5 cm³/mol. The molecule has 0 aromatic heterocycles. The maximum atomic E-state index is 3.81. The summed E-state index contributed by atoms with van der Waals surface area (Å²) in [6, 6.07) is 0. The van der Waals surface area contributed by atoms with Crippen LogP contribution in [0.15, 0.2) is 4.99 Å². The number of nitrogens with zero attached hydrogens (tertiary/aromatic N) is 1. The largest absolute Gasteiger partial charge is 0.533 e. The number of rotatable bonds is 2. The van der Waals surface area contributed by atoms with E-state index in [1.165, 1.54) is 0 Å². The first-order valence-electron chi connectivity index (χ1n) is 2.48. The van der Waals surface area contributed by atoms with Gasteiger partial charge in [0.2, 0.25) is 0 Å². The van der Waals surface area contributed by atoms with Crippen molar-refractivity contribution in [2.75, 3.05) is 6.54 Å². The van der Waals surface area contributed by atoms with Crippen molar-refractivity contribution < 1.29 is 32.7 Å². The van der Waals surface area contributed by atoms with Crippen LogP contribution in [-0.2, 0) is 32.7 Å². The maximum absolute atomic E-state index is 3.81. The van der Waals surface area contributed by atoms with Gasteiger partial charge in [0.05, 0.1) is 0 Å². The van der Waals surface area contributed by atoms with Gasteiger partial charge >= 0.3 is 0 Å². The molecule has 8 heavy (non-hydrogen) atoms. The van der Waals surface area contributed by atoms with Crippen LogP contribution in [0.3, 0.4) is 0 Å². The third-order valence-corrected chi connectivity index (χ3v) is 0.461. The van der Waals surface area contributed by atoms with Crippen LogP contribution in [0.5, 0.6) is 0 Å². The van der Waals surface area contributed by atoms with E-state index in [1.54, 1.807) is 0 Å². The van der Waals surface area contributed by atoms with Crippen molar-refractivity contribution in [1.82, 2.24) is 0 Å². The first kappa shape index (κ1) is 11.6. The van der Waals surface area contributed by atoms with E-state index in [2.05, 4.69) is 18.1 Å². The van der Waals surface area contributed by atoms with E-state index in [-0.39, 0.29) is 32.7 Å². The van der Waals surface area contributed by atoms with E-state index >= 15 is 0 Å². The smallest absolute Gasteiger partial charge is 0 e. The summed E-state index contributed by atoms with van der Waals surface area (Å²) in [7, 11) is 0. The van der Waals surface area contributed by atoms with Gasteiger partial charge < -0.3 is 18.1 Å². The van der Waals surface area contributed by atoms with Crippen LogP contribution in [0.4, 0.5) is 0 Å². The minimum Gasteiger partial charge on any atom is -0.533 e. The summed E-state index contributed by atoms with van der Waals surface area (Å²) in [6.45, 7) is 8.22. The van der Waals surface area contributed by atoms with E-state index in [9.17, 15) is 0 Å². The van der Waals surface area contributed by atoms with Crippen molar-refractivity contribution in [3.05, 3.63) is 6.92 Å². The molecular weight excluding hydrogens is 175 g/mol. The fourth-order valence-corrected chi connectivity index (χ4v) is 0.247. The Kier molecular flexibility index (Phi) is 11.2. The normalized spacial score (nSPS) is 10.0. The predicted octanol–water partition coefficient (Wildman–Crippen LogP) is 1.42. The molecule has 0 heterocycles. The van der Waals surface area contributed by atoms with Crippen molar-refractivity contribution >= 4 is 6.21 Å². The summed E-state index contributed by atoms with van der Waals surface area (Å²) in [4.78, 5) is 3.81. The summed E-state index contributed by atoms with van der Waals surface area (Å²) >= 11 is 0. The molecule has 0 atom stereocenters. The van der Waals surface area contributed by atoms with E-state index in [1.807, 2.05) is 13.8 Å². The van der Waals surface area contributed by atoms with Gasteiger partial charge in [0.15, 0.2) is 0 Å². The molecule has 0 spiro atoms. The topological polar surface area (TPSA) is 12.4 Å². The average Bonchev–Trinajstić information content (AvgIpc) is 1.61. The Hall–Kier alpha value is 0.774. The van der Waals surface area contributed by atoms with Gasteiger partial charge in [0, 0.05) is 32.7 Å². The zero-order chi connectivity index (χ0) is 5.70. The summed E-state index contributed by atoms with van der Waals surface area (Å²) in [5.74, 6) is 0.446. The van der Waals surface area contributed by atoms with Gasteiger partial charge in [0.1, 0.15) is 0 Å². The zero-order valence-corrected chi connectivity index (χ0v) is 8.35. The van der Waals surface area contributed by atoms with E-state index < -0.39 is 0 Å². The average molecular weight is 186 g/mol. The maximum Gasteiger partial charge on any atom is 0 e. The Morgan fingerprint density at radius 3 is 2.25 bits per heavy atom. The molecule has 0 unspecified atom stereocenters. The molecule has 0 saturated carbocycles. The number of aliphatic imine (C=N–C) groups is 1. The molecule has 1 radical (unpaired) electrons. The molecule has 0 aliphatic heterocycles. The van der Waals surface area contributed by atoms with Crippen molar-refractivity contribution in [3.8, 4) is 0 Å². The van der Waals surface area contributed by atoms with Gasteiger partial charge in [-0.05, 0) is 0 Å². The van der Waals surface area contributed by atoms with Crippen LogP contribution in [0, 0.1) is 12.8 Å². The first-order valence-corrected chi connectivity index (χ1v) is 2.48. The van der Waals surface area contributed by atoms with Crippen LogP contribution in [0.2, 0.25) is 0 Å². The minimum atomic E-state index is 0. The SMILES string of the molecule is [CH2-]CN=[C-]C(C)C.[Y]. The Labute approximate surface area is 76.8 Å². The molecule has 2 heteroatoms.